The number of carbonyl (C=O) groups excluding carboxylic acids is 2. The maximum absolute atomic E-state index is 13.0. The molecule has 1 atom stereocenters. The molecule has 2 aromatic carbocycles. The average molecular weight is 440 g/mol. The highest BCUT2D eigenvalue weighted by atomic mass is 79.9. The molecule has 5 heteroatoms. The van der Waals surface area contributed by atoms with Gasteiger partial charge >= 0.3 is 0 Å². The summed E-state index contributed by atoms with van der Waals surface area (Å²) in [5.41, 5.74) is 0.527. The van der Waals surface area contributed by atoms with Crippen LogP contribution in [0.5, 0.6) is 0 Å². The molecule has 4 nitrogen and oxygen atoms in total. The number of hydrogen-bond acceptors (Lipinski definition) is 3. The van der Waals surface area contributed by atoms with Crippen LogP contribution in [0.15, 0.2) is 46.9 Å². The molecule has 28 heavy (non-hydrogen) atoms. The number of fused-ring (bicyclic) bond motifs is 1. The lowest BCUT2D eigenvalue weighted by Crippen LogP contribution is -2.42. The van der Waals surface area contributed by atoms with Crippen LogP contribution in [0.4, 0.5) is 5.69 Å². The van der Waals surface area contributed by atoms with E-state index < -0.39 is 11.5 Å². The van der Waals surface area contributed by atoms with Crippen LogP contribution in [0.2, 0.25) is 0 Å². The second kappa shape index (κ2) is 7.20. The van der Waals surface area contributed by atoms with Gasteiger partial charge in [-0.05, 0) is 29.2 Å². The fourth-order valence-corrected chi connectivity index (χ4v) is 3.79. The minimum absolute atomic E-state index is 0.0257. The van der Waals surface area contributed by atoms with Crippen molar-refractivity contribution >= 4 is 33.3 Å². The molecule has 144 valence electrons. The Morgan fingerprint density at radius 2 is 1.86 bits per heavy atom. The largest absolute Gasteiger partial charge is 0.375 e. The van der Waals surface area contributed by atoms with Gasteiger partial charge in [0, 0.05) is 15.6 Å². The van der Waals surface area contributed by atoms with E-state index in [0.29, 0.717) is 21.3 Å². The van der Waals surface area contributed by atoms with Gasteiger partial charge in [-0.15, -0.1) is 6.42 Å². The van der Waals surface area contributed by atoms with Gasteiger partial charge in [0.05, 0.1) is 18.7 Å². The number of halogens is 1. The van der Waals surface area contributed by atoms with E-state index >= 15 is 0 Å². The summed E-state index contributed by atoms with van der Waals surface area (Å²) < 4.78 is 0.710. The Kier molecular flexibility index (Phi) is 5.22. The van der Waals surface area contributed by atoms with Crippen molar-refractivity contribution < 1.29 is 14.7 Å². The average Bonchev–Trinajstić information content (AvgIpc) is 2.83. The van der Waals surface area contributed by atoms with Crippen molar-refractivity contribution in [2.24, 2.45) is 0 Å². The Balaban J connectivity index is 1.95. The number of rotatable bonds is 4. The number of ketones is 1. The summed E-state index contributed by atoms with van der Waals surface area (Å²) in [6.07, 6.45) is 5.04. The summed E-state index contributed by atoms with van der Waals surface area (Å²) >= 11 is 3.37. The van der Waals surface area contributed by atoms with Gasteiger partial charge in [0.2, 0.25) is 0 Å². The summed E-state index contributed by atoms with van der Waals surface area (Å²) in [7, 11) is 0. The zero-order valence-corrected chi connectivity index (χ0v) is 17.7. The van der Waals surface area contributed by atoms with E-state index in [9.17, 15) is 14.7 Å². The molecule has 2 aromatic rings. The van der Waals surface area contributed by atoms with Gasteiger partial charge in [-0.3, -0.25) is 14.5 Å². The number of carbonyl (C=O) groups is 2. The highest BCUT2D eigenvalue weighted by molar-refractivity contribution is 9.10. The smallest absolute Gasteiger partial charge is 0.265 e. The molecule has 0 unspecified atom stereocenters. The number of amides is 1. The molecule has 1 heterocycles. The Morgan fingerprint density at radius 1 is 1.21 bits per heavy atom. The number of aliphatic hydroxyl groups is 1. The van der Waals surface area contributed by atoms with Gasteiger partial charge in [-0.25, -0.2) is 0 Å². The van der Waals surface area contributed by atoms with Crippen LogP contribution < -0.4 is 4.90 Å². The van der Waals surface area contributed by atoms with Crippen LogP contribution in [0.3, 0.4) is 0 Å². The van der Waals surface area contributed by atoms with E-state index in [-0.39, 0.29) is 24.2 Å². The quantitative estimate of drug-likeness (QED) is 0.573. The summed E-state index contributed by atoms with van der Waals surface area (Å²) in [4.78, 5) is 27.2. The minimum Gasteiger partial charge on any atom is -0.375 e. The molecule has 0 spiro atoms. The standard InChI is InChI=1S/C23H22BrNO3/c1-5-12-25-19-11-10-17(24)13-18(19)23(28,21(25)27)14-20(26)15-6-8-16(9-7-15)22(2,3)4/h1,6-11,13,28H,12,14H2,2-4H3/t23-/m1/s1. The van der Waals surface area contributed by atoms with Gasteiger partial charge in [-0.1, -0.05) is 66.9 Å². The van der Waals surface area contributed by atoms with Gasteiger partial charge in [0.15, 0.2) is 11.4 Å². The summed E-state index contributed by atoms with van der Waals surface area (Å²) in [5.74, 6) is 1.56. The zero-order valence-electron chi connectivity index (χ0n) is 16.1. The molecule has 1 amide bonds. The zero-order chi connectivity index (χ0) is 20.7. The molecule has 1 aliphatic rings. The first-order valence-corrected chi connectivity index (χ1v) is 9.79. The first kappa shape index (κ1) is 20.3. The second-order valence-corrected chi connectivity index (χ2v) is 8.96. The normalized spacial score (nSPS) is 18.7. The highest BCUT2D eigenvalue weighted by Gasteiger charge is 2.50. The monoisotopic (exact) mass is 439 g/mol. The van der Waals surface area contributed by atoms with Crippen LogP contribution in [0.1, 0.15) is 48.7 Å². The Morgan fingerprint density at radius 3 is 2.43 bits per heavy atom. The number of terminal acetylenes is 1. The maximum Gasteiger partial charge on any atom is 0.265 e. The third kappa shape index (κ3) is 3.50. The lowest BCUT2D eigenvalue weighted by atomic mass is 9.85. The number of anilines is 1. The molecule has 0 saturated heterocycles. The summed E-state index contributed by atoms with van der Waals surface area (Å²) in [5, 5.41) is 11.2. The van der Waals surface area contributed by atoms with Crippen molar-refractivity contribution in [3.8, 4) is 12.3 Å². The summed E-state index contributed by atoms with van der Waals surface area (Å²) in [6, 6.07) is 12.5. The first-order valence-electron chi connectivity index (χ1n) is 8.99. The molecule has 1 aliphatic heterocycles. The fourth-order valence-electron chi connectivity index (χ4n) is 3.43. The molecule has 0 saturated carbocycles. The Hall–Kier alpha value is -2.42. The van der Waals surface area contributed by atoms with E-state index in [4.69, 9.17) is 6.42 Å². The number of Topliss-reactive ketones (excluding diaryl/α,β-unsaturated/α-hetero) is 1. The third-order valence-electron chi connectivity index (χ3n) is 5.03. The molecular formula is C23H22BrNO3. The SMILES string of the molecule is C#CCN1C(=O)[C@@](O)(CC(=O)c2ccc(C(C)(C)C)cc2)c2cc(Br)ccc21. The molecule has 3 rings (SSSR count). The van der Waals surface area contributed by atoms with Gasteiger partial charge < -0.3 is 5.11 Å². The predicted molar refractivity (Wildman–Crippen MR) is 113 cm³/mol. The van der Waals surface area contributed by atoms with Crippen molar-refractivity contribution in [3.05, 3.63) is 63.6 Å². The highest BCUT2D eigenvalue weighted by Crippen LogP contribution is 2.44. The number of nitrogens with zero attached hydrogens (tertiary/aromatic N) is 1. The molecule has 0 aromatic heterocycles. The van der Waals surface area contributed by atoms with Gasteiger partial charge in [0.1, 0.15) is 0 Å². The Labute approximate surface area is 173 Å². The van der Waals surface area contributed by atoms with Crippen molar-refractivity contribution in [2.45, 2.75) is 38.2 Å². The van der Waals surface area contributed by atoms with Crippen molar-refractivity contribution in [1.82, 2.24) is 0 Å². The molecular weight excluding hydrogens is 418 g/mol. The first-order chi connectivity index (χ1) is 13.1. The van der Waals surface area contributed by atoms with Crippen LogP contribution in [0.25, 0.3) is 0 Å². The topological polar surface area (TPSA) is 57.6 Å². The molecule has 0 radical (unpaired) electrons. The molecule has 0 fully saturated rings. The van der Waals surface area contributed by atoms with Gasteiger partial charge in [0.25, 0.3) is 5.91 Å². The number of benzene rings is 2. The molecule has 0 bridgehead atoms. The van der Waals surface area contributed by atoms with E-state index in [2.05, 4.69) is 42.6 Å². The van der Waals surface area contributed by atoms with Crippen LogP contribution in [-0.2, 0) is 15.8 Å². The van der Waals surface area contributed by atoms with Crippen molar-refractivity contribution in [1.29, 1.82) is 0 Å². The second-order valence-electron chi connectivity index (χ2n) is 8.04. The third-order valence-corrected chi connectivity index (χ3v) is 5.53. The predicted octanol–water partition coefficient (Wildman–Crippen LogP) is 4.19. The lowest BCUT2D eigenvalue weighted by Gasteiger charge is -2.22. The van der Waals surface area contributed by atoms with Crippen molar-refractivity contribution in [3.63, 3.8) is 0 Å². The van der Waals surface area contributed by atoms with Crippen LogP contribution in [-0.4, -0.2) is 23.3 Å². The fraction of sp³-hybridized carbons (Fsp3) is 0.304. The van der Waals surface area contributed by atoms with Crippen LogP contribution >= 0.6 is 15.9 Å². The van der Waals surface area contributed by atoms with E-state index in [0.717, 1.165) is 5.56 Å². The lowest BCUT2D eigenvalue weighted by molar-refractivity contribution is -0.135. The minimum atomic E-state index is -1.93. The molecule has 0 aliphatic carbocycles. The van der Waals surface area contributed by atoms with E-state index in [1.807, 2.05) is 12.1 Å². The molecule has 1 N–H and O–H groups in total. The maximum atomic E-state index is 13.0. The Bertz CT molecular complexity index is 982. The van der Waals surface area contributed by atoms with Crippen molar-refractivity contribution in [2.75, 3.05) is 11.4 Å². The van der Waals surface area contributed by atoms with Gasteiger partial charge in [-0.2, -0.15) is 0 Å². The summed E-state index contributed by atoms with van der Waals surface area (Å²) in [6.45, 7) is 6.32. The van der Waals surface area contributed by atoms with Crippen LogP contribution in [0, 0.1) is 12.3 Å². The van der Waals surface area contributed by atoms with E-state index in [1.165, 1.54) is 4.90 Å². The van der Waals surface area contributed by atoms with E-state index in [1.54, 1.807) is 30.3 Å². The number of hydrogen-bond donors (Lipinski definition) is 1.